The molecule has 0 aliphatic heterocycles. The van der Waals surface area contributed by atoms with Gasteiger partial charge in [0.2, 0.25) is 11.2 Å². The molecule has 0 saturated heterocycles. The van der Waals surface area contributed by atoms with Crippen LogP contribution in [0.5, 0.6) is 5.75 Å². The number of nitrogens with zero attached hydrogens (tertiary/aromatic N) is 1. The Morgan fingerprint density at radius 1 is 1.28 bits per heavy atom. The summed E-state index contributed by atoms with van der Waals surface area (Å²) >= 11 is 13.0. The summed E-state index contributed by atoms with van der Waals surface area (Å²) < 4.78 is 10.6. The van der Waals surface area contributed by atoms with E-state index < -0.39 is 11.3 Å². The van der Waals surface area contributed by atoms with Gasteiger partial charge in [-0.3, -0.25) is 14.9 Å². The minimum absolute atomic E-state index is 0.0168. The molecule has 2 heterocycles. The Hall–Kier alpha value is -2.35. The third kappa shape index (κ3) is 4.39. The fourth-order valence-electron chi connectivity index (χ4n) is 1.86. The molecule has 1 aromatic carbocycles. The molecule has 128 valence electrons. The van der Waals surface area contributed by atoms with Gasteiger partial charge in [-0.15, -0.1) is 11.3 Å². The fraction of sp³-hybridized carbons (Fsp3) is 0.0625. The molecule has 0 aliphatic rings. The highest BCUT2D eigenvalue weighted by Gasteiger charge is 2.13. The van der Waals surface area contributed by atoms with Crippen molar-refractivity contribution in [3.05, 3.63) is 73.7 Å². The van der Waals surface area contributed by atoms with Crippen LogP contribution in [0, 0.1) is 0 Å². The number of rotatable bonds is 5. The molecule has 9 heteroatoms. The lowest BCUT2D eigenvalue weighted by Gasteiger charge is -2.07. The average molecular weight is 397 g/mol. The number of benzene rings is 1. The topological polar surface area (TPSA) is 81.4 Å². The molecule has 0 spiro atoms. The van der Waals surface area contributed by atoms with Gasteiger partial charge >= 0.3 is 0 Å². The van der Waals surface area contributed by atoms with Crippen LogP contribution in [0.1, 0.15) is 16.1 Å². The maximum atomic E-state index is 12.1. The third-order valence-corrected chi connectivity index (χ3v) is 4.48. The van der Waals surface area contributed by atoms with Crippen LogP contribution in [-0.4, -0.2) is 10.9 Å². The van der Waals surface area contributed by atoms with Crippen LogP contribution in [0.3, 0.4) is 0 Å². The number of halogens is 2. The molecular formula is C16H10Cl2N2O4S. The van der Waals surface area contributed by atoms with Crippen LogP contribution >= 0.6 is 34.5 Å². The molecule has 1 amide bonds. The van der Waals surface area contributed by atoms with E-state index in [4.69, 9.17) is 32.4 Å². The second-order valence-electron chi connectivity index (χ2n) is 4.80. The van der Waals surface area contributed by atoms with Gasteiger partial charge in [0.1, 0.15) is 12.9 Å². The van der Waals surface area contributed by atoms with Crippen molar-refractivity contribution in [2.45, 2.75) is 6.61 Å². The fourth-order valence-corrected chi connectivity index (χ4v) is 2.70. The Kier molecular flexibility index (Phi) is 5.37. The summed E-state index contributed by atoms with van der Waals surface area (Å²) in [5.41, 5.74) is 0.259. The van der Waals surface area contributed by atoms with Crippen molar-refractivity contribution >= 4 is 45.6 Å². The summed E-state index contributed by atoms with van der Waals surface area (Å²) in [6.45, 7) is 0.103. The predicted molar refractivity (Wildman–Crippen MR) is 95.8 cm³/mol. The van der Waals surface area contributed by atoms with Gasteiger partial charge in [-0.1, -0.05) is 29.3 Å². The number of nitrogens with one attached hydrogen (secondary N) is 1. The maximum Gasteiger partial charge on any atom is 0.293 e. The number of anilines is 1. The zero-order chi connectivity index (χ0) is 17.8. The van der Waals surface area contributed by atoms with Crippen LogP contribution < -0.4 is 15.5 Å². The van der Waals surface area contributed by atoms with Crippen molar-refractivity contribution in [3.63, 3.8) is 0 Å². The lowest BCUT2D eigenvalue weighted by molar-refractivity contribution is 0.0993. The lowest BCUT2D eigenvalue weighted by Crippen LogP contribution is -2.15. The predicted octanol–water partition coefficient (Wildman–Crippen LogP) is 4.23. The minimum Gasteiger partial charge on any atom is -0.482 e. The molecule has 0 atom stereocenters. The van der Waals surface area contributed by atoms with Gasteiger partial charge in [0.15, 0.2) is 10.9 Å². The Bertz CT molecular complexity index is 957. The first-order valence-corrected chi connectivity index (χ1v) is 8.57. The van der Waals surface area contributed by atoms with Gasteiger partial charge in [0.05, 0.1) is 10.0 Å². The van der Waals surface area contributed by atoms with Crippen LogP contribution in [-0.2, 0) is 6.61 Å². The average Bonchev–Trinajstić information content (AvgIpc) is 3.09. The second kappa shape index (κ2) is 7.69. The summed E-state index contributed by atoms with van der Waals surface area (Å²) in [5.74, 6) is -0.720. The van der Waals surface area contributed by atoms with E-state index in [-0.39, 0.29) is 18.1 Å². The third-order valence-electron chi connectivity index (χ3n) is 3.05. The molecule has 6 nitrogen and oxygen atoms in total. The number of amides is 1. The summed E-state index contributed by atoms with van der Waals surface area (Å²) in [7, 11) is 0. The molecule has 0 aliphatic carbocycles. The second-order valence-corrected chi connectivity index (χ2v) is 6.51. The molecule has 0 fully saturated rings. The van der Waals surface area contributed by atoms with Gasteiger partial charge in [-0.2, -0.15) is 0 Å². The molecular weight excluding hydrogens is 387 g/mol. The Morgan fingerprint density at radius 3 is 2.80 bits per heavy atom. The van der Waals surface area contributed by atoms with Gasteiger partial charge < -0.3 is 9.15 Å². The molecule has 2 aromatic heterocycles. The highest BCUT2D eigenvalue weighted by molar-refractivity contribution is 7.13. The summed E-state index contributed by atoms with van der Waals surface area (Å²) in [6, 6.07) is 6.07. The van der Waals surface area contributed by atoms with E-state index in [9.17, 15) is 9.59 Å². The zero-order valence-corrected chi connectivity index (χ0v) is 14.8. The first-order valence-electron chi connectivity index (χ1n) is 6.93. The van der Waals surface area contributed by atoms with Crippen molar-refractivity contribution in [2.24, 2.45) is 0 Å². The number of ether oxygens (including phenoxy) is 1. The van der Waals surface area contributed by atoms with Crippen molar-refractivity contribution in [2.75, 3.05) is 5.32 Å². The standard InChI is InChI=1S/C16H10Cl2N2O4S/c17-10-2-1-9(5-11(10)18)7-23-14-8-24-13(6-12(14)21)15(22)20-16-19-3-4-25-16/h1-6,8H,7H2,(H,19,20,22). The smallest absolute Gasteiger partial charge is 0.293 e. The number of hydrogen-bond donors (Lipinski definition) is 1. The first-order chi connectivity index (χ1) is 12.0. The molecule has 0 bridgehead atoms. The largest absolute Gasteiger partial charge is 0.482 e. The maximum absolute atomic E-state index is 12.1. The Balaban J connectivity index is 1.68. The molecule has 25 heavy (non-hydrogen) atoms. The zero-order valence-electron chi connectivity index (χ0n) is 12.5. The molecule has 1 N–H and O–H groups in total. The van der Waals surface area contributed by atoms with E-state index >= 15 is 0 Å². The van der Waals surface area contributed by atoms with Gasteiger partial charge in [0, 0.05) is 17.6 Å². The summed E-state index contributed by atoms with van der Waals surface area (Å²) in [6.07, 6.45) is 2.65. The van der Waals surface area contributed by atoms with E-state index in [0.29, 0.717) is 15.2 Å². The molecule has 0 saturated carbocycles. The van der Waals surface area contributed by atoms with Crippen molar-refractivity contribution in [3.8, 4) is 5.75 Å². The van der Waals surface area contributed by atoms with Gasteiger partial charge in [-0.05, 0) is 17.7 Å². The summed E-state index contributed by atoms with van der Waals surface area (Å²) in [4.78, 5) is 28.0. The molecule has 3 rings (SSSR count). The van der Waals surface area contributed by atoms with E-state index in [2.05, 4.69) is 10.3 Å². The summed E-state index contributed by atoms with van der Waals surface area (Å²) in [5, 5.41) is 5.47. The first kappa shape index (κ1) is 17.5. The minimum atomic E-state index is -0.567. The number of carbonyl (C=O) groups is 1. The number of thiazole rings is 1. The Morgan fingerprint density at radius 2 is 2.12 bits per heavy atom. The van der Waals surface area contributed by atoms with E-state index in [1.54, 1.807) is 29.8 Å². The monoisotopic (exact) mass is 396 g/mol. The van der Waals surface area contributed by atoms with Gasteiger partial charge in [0.25, 0.3) is 5.91 Å². The van der Waals surface area contributed by atoms with E-state index in [0.717, 1.165) is 17.9 Å². The van der Waals surface area contributed by atoms with Crippen LogP contribution in [0.4, 0.5) is 5.13 Å². The van der Waals surface area contributed by atoms with Crippen molar-refractivity contribution in [1.29, 1.82) is 0 Å². The van der Waals surface area contributed by atoms with Crippen molar-refractivity contribution in [1.82, 2.24) is 4.98 Å². The van der Waals surface area contributed by atoms with E-state index in [1.165, 1.54) is 11.3 Å². The van der Waals surface area contributed by atoms with Crippen molar-refractivity contribution < 1.29 is 13.9 Å². The van der Waals surface area contributed by atoms with Gasteiger partial charge in [-0.25, -0.2) is 4.98 Å². The number of carbonyl (C=O) groups excluding carboxylic acids is 1. The molecule has 0 radical (unpaired) electrons. The van der Waals surface area contributed by atoms with Crippen LogP contribution in [0.25, 0.3) is 0 Å². The molecule has 0 unspecified atom stereocenters. The Labute approximate surface area is 156 Å². The normalized spacial score (nSPS) is 10.5. The molecule has 3 aromatic rings. The quantitative estimate of drug-likeness (QED) is 0.697. The highest BCUT2D eigenvalue weighted by Crippen LogP contribution is 2.23. The van der Waals surface area contributed by atoms with Crippen LogP contribution in [0.15, 0.2) is 51.3 Å². The lowest BCUT2D eigenvalue weighted by atomic mass is 10.2. The number of aromatic nitrogens is 1. The number of hydrogen-bond acceptors (Lipinski definition) is 6. The van der Waals surface area contributed by atoms with E-state index in [1.807, 2.05) is 0 Å². The SMILES string of the molecule is O=C(Nc1nccs1)c1cc(=O)c(OCc2ccc(Cl)c(Cl)c2)co1. The highest BCUT2D eigenvalue weighted by atomic mass is 35.5. The van der Waals surface area contributed by atoms with Crippen LogP contribution in [0.2, 0.25) is 10.0 Å².